The highest BCUT2D eigenvalue weighted by atomic mass is 19.1. The van der Waals surface area contributed by atoms with Gasteiger partial charge in [-0.3, -0.25) is 4.79 Å². The second kappa shape index (κ2) is 9.33. The molecule has 0 radical (unpaired) electrons. The number of hydrogen-bond acceptors (Lipinski definition) is 6. The maximum absolute atomic E-state index is 13.4. The molecule has 0 heterocycles. The van der Waals surface area contributed by atoms with Gasteiger partial charge in [0, 0.05) is 19.8 Å². The normalized spacial score (nSPS) is 10.8. The summed E-state index contributed by atoms with van der Waals surface area (Å²) in [5.74, 6) is -2.03. The molecule has 0 fully saturated rings. The van der Waals surface area contributed by atoms with E-state index in [-0.39, 0.29) is 16.9 Å². The fraction of sp³-hybridized carbons (Fsp3) is 0.190. The number of rotatable bonds is 7. The molecule has 0 bridgehead atoms. The summed E-state index contributed by atoms with van der Waals surface area (Å²) < 4.78 is 23.3. The molecule has 0 aliphatic rings. The Bertz CT molecular complexity index is 944. The lowest BCUT2D eigenvalue weighted by atomic mass is 10.1. The molecule has 0 saturated heterocycles. The van der Waals surface area contributed by atoms with Crippen LogP contribution in [-0.2, 0) is 9.53 Å². The first-order chi connectivity index (χ1) is 13.3. The number of methoxy groups -OCH3 is 1. The molecule has 0 atom stereocenters. The van der Waals surface area contributed by atoms with Gasteiger partial charge in [-0.05, 0) is 42.0 Å². The van der Waals surface area contributed by atoms with Crippen molar-refractivity contribution in [2.45, 2.75) is 0 Å². The van der Waals surface area contributed by atoms with Gasteiger partial charge in [-0.2, -0.15) is 5.26 Å². The van der Waals surface area contributed by atoms with Gasteiger partial charge in [-0.1, -0.05) is 12.1 Å². The van der Waals surface area contributed by atoms with Gasteiger partial charge < -0.3 is 14.4 Å². The summed E-state index contributed by atoms with van der Waals surface area (Å²) in [5.41, 5.74) is 1.30. The van der Waals surface area contributed by atoms with Gasteiger partial charge in [-0.25, -0.2) is 9.18 Å². The first kappa shape index (κ1) is 20.6. The van der Waals surface area contributed by atoms with Crippen LogP contribution in [0.5, 0.6) is 5.75 Å². The van der Waals surface area contributed by atoms with Crippen LogP contribution in [0.25, 0.3) is 6.08 Å². The number of carbonyl (C=O) groups is 2. The molecule has 0 aromatic heterocycles. The number of ketones is 1. The number of esters is 1. The van der Waals surface area contributed by atoms with Gasteiger partial charge in [0.15, 0.2) is 6.61 Å². The Morgan fingerprint density at radius 3 is 2.43 bits per heavy atom. The molecule has 0 aliphatic carbocycles. The molecule has 2 aromatic carbocycles. The van der Waals surface area contributed by atoms with Crippen molar-refractivity contribution in [1.82, 2.24) is 0 Å². The fourth-order valence-corrected chi connectivity index (χ4v) is 2.36. The Morgan fingerprint density at radius 2 is 1.86 bits per heavy atom. The molecule has 0 aliphatic heterocycles. The SMILES string of the molecule is COc1ccc(F)cc1C(=O)COC(=O)/C(C#N)=C/c1ccc(N(C)C)cc1. The van der Waals surface area contributed by atoms with Gasteiger partial charge in [0.1, 0.15) is 23.2 Å². The zero-order chi connectivity index (χ0) is 20.7. The number of nitriles is 1. The van der Waals surface area contributed by atoms with E-state index in [9.17, 15) is 19.2 Å². The van der Waals surface area contributed by atoms with Crippen LogP contribution in [0.15, 0.2) is 48.0 Å². The van der Waals surface area contributed by atoms with Crippen molar-refractivity contribution in [2.75, 3.05) is 32.7 Å². The third-order valence-electron chi connectivity index (χ3n) is 3.86. The Labute approximate surface area is 162 Å². The van der Waals surface area contributed by atoms with Crippen molar-refractivity contribution in [3.8, 4) is 11.8 Å². The van der Waals surface area contributed by atoms with Gasteiger partial charge >= 0.3 is 5.97 Å². The molecule has 0 unspecified atom stereocenters. The van der Waals surface area contributed by atoms with Crippen LogP contribution < -0.4 is 9.64 Å². The average Bonchev–Trinajstić information content (AvgIpc) is 2.70. The van der Waals surface area contributed by atoms with Crippen molar-refractivity contribution in [2.24, 2.45) is 0 Å². The largest absolute Gasteiger partial charge is 0.496 e. The highest BCUT2D eigenvalue weighted by Crippen LogP contribution is 2.20. The molecular formula is C21H19FN2O4. The average molecular weight is 382 g/mol. The lowest BCUT2D eigenvalue weighted by Crippen LogP contribution is -2.16. The summed E-state index contributed by atoms with van der Waals surface area (Å²) in [4.78, 5) is 26.3. The number of ether oxygens (including phenoxy) is 2. The molecule has 144 valence electrons. The summed E-state index contributed by atoms with van der Waals surface area (Å²) in [5, 5.41) is 9.22. The van der Waals surface area contributed by atoms with Crippen LogP contribution >= 0.6 is 0 Å². The Hall–Kier alpha value is -3.66. The number of Topliss-reactive ketones (excluding diaryl/α,β-unsaturated/α-hetero) is 1. The second-order valence-corrected chi connectivity index (χ2v) is 6.00. The van der Waals surface area contributed by atoms with E-state index in [0.29, 0.717) is 5.56 Å². The smallest absolute Gasteiger partial charge is 0.349 e. The van der Waals surface area contributed by atoms with E-state index < -0.39 is 24.2 Å². The predicted molar refractivity (Wildman–Crippen MR) is 103 cm³/mol. The first-order valence-electron chi connectivity index (χ1n) is 8.28. The van der Waals surface area contributed by atoms with Crippen LogP contribution in [-0.4, -0.2) is 39.6 Å². The van der Waals surface area contributed by atoms with E-state index in [4.69, 9.17) is 9.47 Å². The molecule has 0 spiro atoms. The number of hydrogen-bond donors (Lipinski definition) is 0. The zero-order valence-corrected chi connectivity index (χ0v) is 15.7. The quantitative estimate of drug-likeness (QED) is 0.317. The monoisotopic (exact) mass is 382 g/mol. The van der Waals surface area contributed by atoms with Crippen molar-refractivity contribution in [3.63, 3.8) is 0 Å². The lowest BCUT2D eigenvalue weighted by Gasteiger charge is -2.12. The van der Waals surface area contributed by atoms with Crippen molar-refractivity contribution in [3.05, 3.63) is 65.0 Å². The van der Waals surface area contributed by atoms with E-state index in [0.717, 1.165) is 17.8 Å². The third-order valence-corrected chi connectivity index (χ3v) is 3.86. The molecule has 6 nitrogen and oxygen atoms in total. The molecule has 0 N–H and O–H groups in total. The molecule has 7 heteroatoms. The van der Waals surface area contributed by atoms with Crippen molar-refractivity contribution >= 4 is 23.5 Å². The summed E-state index contributed by atoms with van der Waals surface area (Å²) in [7, 11) is 5.13. The van der Waals surface area contributed by atoms with E-state index in [1.807, 2.05) is 31.1 Å². The molecule has 0 saturated carbocycles. The van der Waals surface area contributed by atoms with E-state index in [1.54, 1.807) is 18.2 Å². The van der Waals surface area contributed by atoms with Crippen molar-refractivity contribution in [1.29, 1.82) is 5.26 Å². The molecular weight excluding hydrogens is 363 g/mol. The topological polar surface area (TPSA) is 79.6 Å². The zero-order valence-electron chi connectivity index (χ0n) is 15.7. The summed E-state index contributed by atoms with van der Waals surface area (Å²) in [6.45, 7) is -0.642. The minimum atomic E-state index is -0.942. The molecule has 28 heavy (non-hydrogen) atoms. The highest BCUT2D eigenvalue weighted by molar-refractivity contribution is 6.03. The molecule has 2 aromatic rings. The van der Waals surface area contributed by atoms with Gasteiger partial charge in [0.05, 0.1) is 12.7 Å². The third kappa shape index (κ3) is 5.17. The summed E-state index contributed by atoms with van der Waals surface area (Å²) >= 11 is 0. The van der Waals surface area contributed by atoms with E-state index in [2.05, 4.69) is 0 Å². The number of halogens is 1. The van der Waals surface area contributed by atoms with Crippen LogP contribution in [0.2, 0.25) is 0 Å². The fourth-order valence-electron chi connectivity index (χ4n) is 2.36. The minimum absolute atomic E-state index is 0.0444. The number of anilines is 1. The second-order valence-electron chi connectivity index (χ2n) is 6.00. The van der Waals surface area contributed by atoms with E-state index in [1.165, 1.54) is 19.3 Å². The van der Waals surface area contributed by atoms with E-state index >= 15 is 0 Å². The summed E-state index contributed by atoms with van der Waals surface area (Å²) in [6, 6.07) is 12.4. The van der Waals surface area contributed by atoms with Crippen LogP contribution in [0.3, 0.4) is 0 Å². The highest BCUT2D eigenvalue weighted by Gasteiger charge is 2.17. The maximum atomic E-state index is 13.4. The van der Waals surface area contributed by atoms with Gasteiger partial charge in [-0.15, -0.1) is 0 Å². The van der Waals surface area contributed by atoms with Crippen LogP contribution in [0, 0.1) is 17.1 Å². The minimum Gasteiger partial charge on any atom is -0.496 e. The first-order valence-corrected chi connectivity index (χ1v) is 8.28. The van der Waals surface area contributed by atoms with Gasteiger partial charge in [0.25, 0.3) is 0 Å². The Kier molecular flexibility index (Phi) is 6.88. The van der Waals surface area contributed by atoms with Gasteiger partial charge in [0.2, 0.25) is 5.78 Å². The number of nitrogens with zero attached hydrogens (tertiary/aromatic N) is 2. The van der Waals surface area contributed by atoms with Crippen LogP contribution in [0.1, 0.15) is 15.9 Å². The predicted octanol–water partition coefficient (Wildman–Crippen LogP) is 3.23. The standard InChI is InChI=1S/C21H19FN2O4/c1-24(2)17-7-4-14(5-8-17)10-15(12-23)21(26)28-13-19(25)18-11-16(22)6-9-20(18)27-3/h4-11H,13H2,1-3H3/b15-10+. The maximum Gasteiger partial charge on any atom is 0.349 e. The number of carbonyl (C=O) groups excluding carboxylic acids is 2. The summed E-state index contributed by atoms with van der Waals surface area (Å²) in [6.07, 6.45) is 1.37. The lowest BCUT2D eigenvalue weighted by molar-refractivity contribution is -0.137. The Morgan fingerprint density at radius 1 is 1.18 bits per heavy atom. The number of benzene rings is 2. The molecule has 2 rings (SSSR count). The van der Waals surface area contributed by atoms with Crippen molar-refractivity contribution < 1.29 is 23.5 Å². The van der Waals surface area contributed by atoms with Crippen LogP contribution in [0.4, 0.5) is 10.1 Å². The molecule has 0 amide bonds. The Balaban J connectivity index is 2.09.